The fourth-order valence-corrected chi connectivity index (χ4v) is 2.41. The quantitative estimate of drug-likeness (QED) is 0.792. The Balaban J connectivity index is 1.92. The first-order valence-corrected chi connectivity index (χ1v) is 6.17. The number of halogens is 1. The van der Waals surface area contributed by atoms with Crippen molar-refractivity contribution in [3.05, 3.63) is 16.5 Å². The molecule has 0 unspecified atom stereocenters. The van der Waals surface area contributed by atoms with Crippen LogP contribution < -0.4 is 4.74 Å². The predicted molar refractivity (Wildman–Crippen MR) is 61.9 cm³/mol. The van der Waals surface area contributed by atoms with Crippen LogP contribution in [0.3, 0.4) is 0 Å². The summed E-state index contributed by atoms with van der Waals surface area (Å²) in [4.78, 5) is 8.37. The fourth-order valence-electron chi connectivity index (χ4n) is 1.96. The van der Waals surface area contributed by atoms with Crippen molar-refractivity contribution in [1.82, 2.24) is 9.97 Å². The first-order valence-electron chi connectivity index (χ1n) is 5.38. The van der Waals surface area contributed by atoms with Gasteiger partial charge in [-0.15, -0.1) is 0 Å². The topological polar surface area (TPSA) is 35.0 Å². The van der Waals surface area contributed by atoms with Crippen LogP contribution >= 0.6 is 15.9 Å². The molecule has 0 amide bonds. The molecule has 15 heavy (non-hydrogen) atoms. The summed E-state index contributed by atoms with van der Waals surface area (Å²) in [6.07, 6.45) is 5.29. The van der Waals surface area contributed by atoms with Gasteiger partial charge in [-0.05, 0) is 41.6 Å². The molecule has 1 heterocycles. The van der Waals surface area contributed by atoms with Crippen molar-refractivity contribution in [3.63, 3.8) is 0 Å². The van der Waals surface area contributed by atoms with Gasteiger partial charge < -0.3 is 4.74 Å². The molecule has 82 valence electrons. The summed E-state index contributed by atoms with van der Waals surface area (Å²) >= 11 is 3.34. The third-order valence-electron chi connectivity index (χ3n) is 2.72. The third-order valence-corrected chi connectivity index (χ3v) is 3.13. The van der Waals surface area contributed by atoms with Crippen molar-refractivity contribution in [1.29, 1.82) is 0 Å². The highest BCUT2D eigenvalue weighted by Crippen LogP contribution is 2.25. The van der Waals surface area contributed by atoms with Crippen LogP contribution in [-0.4, -0.2) is 16.6 Å². The molecule has 1 aliphatic carbocycles. The van der Waals surface area contributed by atoms with Gasteiger partial charge >= 0.3 is 0 Å². The van der Waals surface area contributed by atoms with E-state index in [2.05, 4.69) is 25.9 Å². The van der Waals surface area contributed by atoms with Gasteiger partial charge in [0.2, 0.25) is 5.88 Å². The van der Waals surface area contributed by atoms with Gasteiger partial charge in [-0.1, -0.05) is 12.8 Å². The summed E-state index contributed by atoms with van der Waals surface area (Å²) in [6.45, 7) is 2.66. The van der Waals surface area contributed by atoms with Crippen molar-refractivity contribution in [2.24, 2.45) is 5.92 Å². The highest BCUT2D eigenvalue weighted by atomic mass is 79.9. The largest absolute Gasteiger partial charge is 0.477 e. The van der Waals surface area contributed by atoms with E-state index in [4.69, 9.17) is 4.74 Å². The molecule has 0 radical (unpaired) electrons. The SMILES string of the molecule is Cc1nc(Br)cc(OCC2CCCC2)n1. The second-order valence-electron chi connectivity index (χ2n) is 4.04. The number of hydrogen-bond donors (Lipinski definition) is 0. The van der Waals surface area contributed by atoms with Crippen molar-refractivity contribution in [3.8, 4) is 5.88 Å². The van der Waals surface area contributed by atoms with Gasteiger partial charge in [0.15, 0.2) is 0 Å². The zero-order valence-electron chi connectivity index (χ0n) is 8.87. The van der Waals surface area contributed by atoms with Crippen molar-refractivity contribution < 1.29 is 4.74 Å². The summed E-state index contributed by atoms with van der Waals surface area (Å²) in [5.41, 5.74) is 0. The number of aryl methyl sites for hydroxylation is 1. The minimum Gasteiger partial charge on any atom is -0.477 e. The average Bonchev–Trinajstić information content (AvgIpc) is 2.65. The van der Waals surface area contributed by atoms with Crippen LogP contribution in [0.1, 0.15) is 31.5 Å². The number of nitrogens with zero attached hydrogens (tertiary/aromatic N) is 2. The highest BCUT2D eigenvalue weighted by Gasteiger charge is 2.15. The van der Waals surface area contributed by atoms with Crippen molar-refractivity contribution in [2.45, 2.75) is 32.6 Å². The van der Waals surface area contributed by atoms with Crippen LogP contribution in [0.15, 0.2) is 10.7 Å². The maximum Gasteiger partial charge on any atom is 0.217 e. The normalized spacial score (nSPS) is 16.9. The molecule has 3 nitrogen and oxygen atoms in total. The lowest BCUT2D eigenvalue weighted by Gasteiger charge is -2.10. The van der Waals surface area contributed by atoms with Crippen molar-refractivity contribution in [2.75, 3.05) is 6.61 Å². The molecule has 0 N–H and O–H groups in total. The van der Waals surface area contributed by atoms with Gasteiger partial charge in [-0.25, -0.2) is 4.98 Å². The summed E-state index contributed by atoms with van der Waals surface area (Å²) in [7, 11) is 0. The molecule has 2 rings (SSSR count). The smallest absolute Gasteiger partial charge is 0.217 e. The van der Waals surface area contributed by atoms with Crippen LogP contribution in [0.5, 0.6) is 5.88 Å². The van der Waals surface area contributed by atoms with E-state index in [0.717, 1.165) is 23.0 Å². The van der Waals surface area contributed by atoms with E-state index >= 15 is 0 Å². The lowest BCUT2D eigenvalue weighted by atomic mass is 10.1. The zero-order valence-corrected chi connectivity index (χ0v) is 10.5. The van der Waals surface area contributed by atoms with Crippen LogP contribution in [0, 0.1) is 12.8 Å². The molecule has 0 bridgehead atoms. The van der Waals surface area contributed by atoms with E-state index in [1.54, 1.807) is 0 Å². The molecule has 0 aromatic carbocycles. The van der Waals surface area contributed by atoms with Crippen LogP contribution in [-0.2, 0) is 0 Å². The van der Waals surface area contributed by atoms with Crippen LogP contribution in [0.2, 0.25) is 0 Å². The maximum absolute atomic E-state index is 5.67. The predicted octanol–water partition coefficient (Wildman–Crippen LogP) is 3.12. The molecule has 1 aliphatic rings. The molecule has 0 saturated heterocycles. The van der Waals surface area contributed by atoms with Gasteiger partial charge in [-0.3, -0.25) is 0 Å². The Kier molecular flexibility index (Phi) is 3.57. The van der Waals surface area contributed by atoms with Gasteiger partial charge in [-0.2, -0.15) is 4.98 Å². The minimum atomic E-state index is 0.682. The number of hydrogen-bond acceptors (Lipinski definition) is 3. The lowest BCUT2D eigenvalue weighted by Crippen LogP contribution is -2.09. The van der Waals surface area contributed by atoms with Gasteiger partial charge in [0, 0.05) is 6.07 Å². The Morgan fingerprint density at radius 2 is 2.13 bits per heavy atom. The Morgan fingerprint density at radius 3 is 2.80 bits per heavy atom. The molecule has 0 aliphatic heterocycles. The van der Waals surface area contributed by atoms with E-state index in [-0.39, 0.29) is 0 Å². The molecular formula is C11H15BrN2O. The lowest BCUT2D eigenvalue weighted by molar-refractivity contribution is 0.242. The van der Waals surface area contributed by atoms with E-state index in [0.29, 0.717) is 5.88 Å². The van der Waals surface area contributed by atoms with Gasteiger partial charge in [0.25, 0.3) is 0 Å². The maximum atomic E-state index is 5.67. The molecule has 1 fully saturated rings. The highest BCUT2D eigenvalue weighted by molar-refractivity contribution is 9.10. The van der Waals surface area contributed by atoms with E-state index in [9.17, 15) is 0 Å². The molecule has 0 atom stereocenters. The average molecular weight is 271 g/mol. The molecule has 1 aromatic rings. The second-order valence-corrected chi connectivity index (χ2v) is 4.85. The molecular weight excluding hydrogens is 256 g/mol. The van der Waals surface area contributed by atoms with E-state index in [1.165, 1.54) is 25.7 Å². The monoisotopic (exact) mass is 270 g/mol. The molecule has 4 heteroatoms. The second kappa shape index (κ2) is 4.92. The third kappa shape index (κ3) is 3.16. The summed E-state index contributed by atoms with van der Waals surface area (Å²) in [5, 5.41) is 0. The number of ether oxygens (including phenoxy) is 1. The standard InChI is InChI=1S/C11H15BrN2O/c1-8-13-10(12)6-11(14-8)15-7-9-4-2-3-5-9/h6,9H,2-5,7H2,1H3. The summed E-state index contributed by atoms with van der Waals surface area (Å²) in [6, 6.07) is 1.82. The Labute approximate surface area is 98.4 Å². The zero-order chi connectivity index (χ0) is 10.7. The van der Waals surface area contributed by atoms with Crippen LogP contribution in [0.25, 0.3) is 0 Å². The number of rotatable bonds is 3. The summed E-state index contributed by atoms with van der Waals surface area (Å²) < 4.78 is 6.46. The Morgan fingerprint density at radius 1 is 1.40 bits per heavy atom. The van der Waals surface area contributed by atoms with E-state index < -0.39 is 0 Å². The first-order chi connectivity index (χ1) is 7.24. The van der Waals surface area contributed by atoms with Crippen molar-refractivity contribution >= 4 is 15.9 Å². The first kappa shape index (κ1) is 10.9. The number of aromatic nitrogens is 2. The minimum absolute atomic E-state index is 0.682. The molecule has 0 spiro atoms. The molecule has 1 saturated carbocycles. The molecule has 1 aromatic heterocycles. The Hall–Kier alpha value is -0.640. The van der Waals surface area contributed by atoms with E-state index in [1.807, 2.05) is 13.0 Å². The van der Waals surface area contributed by atoms with Crippen LogP contribution in [0.4, 0.5) is 0 Å². The van der Waals surface area contributed by atoms with Gasteiger partial charge in [0.1, 0.15) is 10.4 Å². The fraction of sp³-hybridized carbons (Fsp3) is 0.636. The summed E-state index contributed by atoms with van der Waals surface area (Å²) in [5.74, 6) is 2.14. The van der Waals surface area contributed by atoms with Gasteiger partial charge in [0.05, 0.1) is 6.61 Å². The Bertz CT molecular complexity index is 317.